The van der Waals surface area contributed by atoms with Gasteiger partial charge < -0.3 is 10.1 Å². The van der Waals surface area contributed by atoms with Gasteiger partial charge in [-0.25, -0.2) is 4.98 Å². The maximum Gasteiger partial charge on any atom is 0.140 e. The molecule has 4 nitrogen and oxygen atoms in total. The van der Waals surface area contributed by atoms with Crippen molar-refractivity contribution in [2.45, 2.75) is 18.9 Å². The summed E-state index contributed by atoms with van der Waals surface area (Å²) >= 11 is 0. The fourth-order valence-corrected chi connectivity index (χ4v) is 1.64. The maximum absolute atomic E-state index is 8.60. The predicted molar refractivity (Wildman–Crippen MR) is 56.4 cm³/mol. The molecule has 0 spiro atoms. The van der Waals surface area contributed by atoms with Crippen molar-refractivity contribution in [1.82, 2.24) is 4.98 Å². The third kappa shape index (κ3) is 2.67. The van der Waals surface area contributed by atoms with Crippen LogP contribution in [-0.4, -0.2) is 24.2 Å². The minimum absolute atomic E-state index is 0.369. The summed E-state index contributed by atoms with van der Waals surface area (Å²) in [6.07, 6.45) is 3.91. The van der Waals surface area contributed by atoms with Crippen LogP contribution in [0.15, 0.2) is 18.3 Å². The molecule has 1 N–H and O–H groups in total. The van der Waals surface area contributed by atoms with Crippen LogP contribution in [0.1, 0.15) is 18.5 Å². The van der Waals surface area contributed by atoms with Crippen molar-refractivity contribution in [2.75, 3.05) is 18.5 Å². The summed E-state index contributed by atoms with van der Waals surface area (Å²) in [5.41, 5.74) is 1.39. The highest BCUT2D eigenvalue weighted by Crippen LogP contribution is 2.13. The number of nitrogens with zero attached hydrogens (tertiary/aromatic N) is 2. The molecule has 0 aromatic carbocycles. The van der Waals surface area contributed by atoms with Gasteiger partial charge in [-0.2, -0.15) is 5.26 Å². The molecular formula is C11H13N3O. The van der Waals surface area contributed by atoms with Gasteiger partial charge in [-0.1, -0.05) is 0 Å². The van der Waals surface area contributed by atoms with Crippen LogP contribution in [0, 0.1) is 11.3 Å². The number of hydrogen-bond acceptors (Lipinski definition) is 4. The molecular weight excluding hydrogens is 190 g/mol. The molecule has 1 fully saturated rings. The lowest BCUT2D eigenvalue weighted by Gasteiger charge is -2.23. The lowest BCUT2D eigenvalue weighted by atomic mass is 10.1. The third-order valence-electron chi connectivity index (χ3n) is 2.41. The molecule has 0 bridgehead atoms. The Bertz CT molecular complexity index is 349. The number of ether oxygens (including phenoxy) is 1. The molecule has 0 radical (unpaired) electrons. The van der Waals surface area contributed by atoms with E-state index >= 15 is 0 Å². The van der Waals surface area contributed by atoms with E-state index in [1.54, 1.807) is 12.3 Å². The van der Waals surface area contributed by atoms with Gasteiger partial charge in [-0.05, 0) is 25.0 Å². The first-order chi connectivity index (χ1) is 7.38. The second kappa shape index (κ2) is 4.76. The van der Waals surface area contributed by atoms with E-state index in [4.69, 9.17) is 10.00 Å². The topological polar surface area (TPSA) is 57.9 Å². The normalized spacial score (nSPS) is 20.6. The summed E-state index contributed by atoms with van der Waals surface area (Å²) < 4.78 is 5.36. The standard InChI is InChI=1S/C11H13N3O/c12-6-9-3-4-10(7-13-9)14-11-2-1-5-15-8-11/h3-4,7,11,14H,1-2,5,8H2. The molecule has 78 valence electrons. The van der Waals surface area contributed by atoms with E-state index in [1.165, 1.54) is 0 Å². The number of hydrogen-bond donors (Lipinski definition) is 1. The fraction of sp³-hybridized carbons (Fsp3) is 0.455. The Kier molecular flexibility index (Phi) is 3.15. The first-order valence-corrected chi connectivity index (χ1v) is 5.09. The van der Waals surface area contributed by atoms with Crippen molar-refractivity contribution in [3.05, 3.63) is 24.0 Å². The Morgan fingerprint density at radius 2 is 2.47 bits per heavy atom. The molecule has 4 heteroatoms. The minimum atomic E-state index is 0.369. The number of nitrogens with one attached hydrogen (secondary N) is 1. The minimum Gasteiger partial charge on any atom is -0.379 e. The number of pyridine rings is 1. The molecule has 15 heavy (non-hydrogen) atoms. The SMILES string of the molecule is N#Cc1ccc(NC2CCCOC2)cn1. The zero-order chi connectivity index (χ0) is 10.5. The van der Waals surface area contributed by atoms with Crippen molar-refractivity contribution < 1.29 is 4.74 Å². The largest absolute Gasteiger partial charge is 0.379 e. The number of rotatable bonds is 2. The van der Waals surface area contributed by atoms with Crippen molar-refractivity contribution in [3.63, 3.8) is 0 Å². The zero-order valence-corrected chi connectivity index (χ0v) is 8.44. The number of nitriles is 1. The summed E-state index contributed by atoms with van der Waals surface area (Å²) in [6, 6.07) is 5.95. The van der Waals surface area contributed by atoms with Crippen LogP contribution in [0.4, 0.5) is 5.69 Å². The monoisotopic (exact) mass is 203 g/mol. The van der Waals surface area contributed by atoms with Gasteiger partial charge in [0.15, 0.2) is 0 Å². The highest BCUT2D eigenvalue weighted by molar-refractivity contribution is 5.43. The van der Waals surface area contributed by atoms with Crippen LogP contribution in [-0.2, 0) is 4.74 Å². The summed E-state index contributed by atoms with van der Waals surface area (Å²) in [4.78, 5) is 4.00. The van der Waals surface area contributed by atoms with E-state index in [9.17, 15) is 0 Å². The van der Waals surface area contributed by atoms with Gasteiger partial charge >= 0.3 is 0 Å². The summed E-state index contributed by atoms with van der Waals surface area (Å²) in [5, 5.41) is 11.9. The van der Waals surface area contributed by atoms with E-state index in [0.717, 1.165) is 31.7 Å². The molecule has 1 aromatic rings. The van der Waals surface area contributed by atoms with Gasteiger partial charge in [0, 0.05) is 12.6 Å². The van der Waals surface area contributed by atoms with Crippen molar-refractivity contribution >= 4 is 5.69 Å². The molecule has 1 unspecified atom stereocenters. The van der Waals surface area contributed by atoms with E-state index < -0.39 is 0 Å². The third-order valence-corrected chi connectivity index (χ3v) is 2.41. The van der Waals surface area contributed by atoms with Crippen LogP contribution < -0.4 is 5.32 Å². The van der Waals surface area contributed by atoms with Crippen LogP contribution in [0.2, 0.25) is 0 Å². The molecule has 0 amide bonds. The molecule has 0 saturated carbocycles. The molecule has 1 atom stereocenters. The first-order valence-electron chi connectivity index (χ1n) is 5.09. The van der Waals surface area contributed by atoms with E-state index in [2.05, 4.69) is 10.3 Å². The van der Waals surface area contributed by atoms with Crippen LogP contribution >= 0.6 is 0 Å². The number of anilines is 1. The Morgan fingerprint density at radius 3 is 3.07 bits per heavy atom. The lowest BCUT2D eigenvalue weighted by Crippen LogP contribution is -2.29. The molecule has 1 aliphatic heterocycles. The average molecular weight is 203 g/mol. The second-order valence-corrected chi connectivity index (χ2v) is 3.60. The van der Waals surface area contributed by atoms with E-state index in [0.29, 0.717) is 11.7 Å². The Hall–Kier alpha value is -1.60. The highest BCUT2D eigenvalue weighted by atomic mass is 16.5. The maximum atomic E-state index is 8.60. The number of aromatic nitrogens is 1. The quantitative estimate of drug-likeness (QED) is 0.792. The van der Waals surface area contributed by atoms with Crippen LogP contribution in [0.5, 0.6) is 0 Å². The lowest BCUT2D eigenvalue weighted by molar-refractivity contribution is 0.0876. The van der Waals surface area contributed by atoms with Gasteiger partial charge in [0.05, 0.1) is 18.5 Å². The van der Waals surface area contributed by atoms with Crippen molar-refractivity contribution in [3.8, 4) is 6.07 Å². The van der Waals surface area contributed by atoms with E-state index in [-0.39, 0.29) is 0 Å². The Labute approximate surface area is 88.9 Å². The summed E-state index contributed by atoms with van der Waals surface area (Å²) in [6.45, 7) is 1.61. The predicted octanol–water partition coefficient (Wildman–Crippen LogP) is 1.54. The molecule has 0 aliphatic carbocycles. The molecule has 1 aromatic heterocycles. The van der Waals surface area contributed by atoms with Crippen LogP contribution in [0.3, 0.4) is 0 Å². The smallest absolute Gasteiger partial charge is 0.140 e. The fourth-order valence-electron chi connectivity index (χ4n) is 1.64. The second-order valence-electron chi connectivity index (χ2n) is 3.60. The Morgan fingerprint density at radius 1 is 1.53 bits per heavy atom. The Balaban J connectivity index is 1.95. The van der Waals surface area contributed by atoms with Gasteiger partial charge in [-0.15, -0.1) is 0 Å². The van der Waals surface area contributed by atoms with E-state index in [1.807, 2.05) is 12.1 Å². The first kappa shape index (κ1) is 9.94. The summed E-state index contributed by atoms with van der Waals surface area (Å²) in [7, 11) is 0. The summed E-state index contributed by atoms with van der Waals surface area (Å²) in [5.74, 6) is 0. The van der Waals surface area contributed by atoms with Crippen LogP contribution in [0.25, 0.3) is 0 Å². The van der Waals surface area contributed by atoms with Gasteiger partial charge in [-0.3, -0.25) is 0 Å². The van der Waals surface area contributed by atoms with Crippen molar-refractivity contribution in [1.29, 1.82) is 5.26 Å². The molecule has 1 aliphatic rings. The van der Waals surface area contributed by atoms with Crippen molar-refractivity contribution in [2.24, 2.45) is 0 Å². The molecule has 2 heterocycles. The van der Waals surface area contributed by atoms with Gasteiger partial charge in [0.1, 0.15) is 11.8 Å². The van der Waals surface area contributed by atoms with Gasteiger partial charge in [0.2, 0.25) is 0 Å². The molecule has 1 saturated heterocycles. The zero-order valence-electron chi connectivity index (χ0n) is 8.44. The highest BCUT2D eigenvalue weighted by Gasteiger charge is 2.13. The molecule has 2 rings (SSSR count). The van der Waals surface area contributed by atoms with Gasteiger partial charge in [0.25, 0.3) is 0 Å². The average Bonchev–Trinajstić information content (AvgIpc) is 2.31.